The van der Waals surface area contributed by atoms with Gasteiger partial charge in [-0.3, -0.25) is 14.6 Å². The van der Waals surface area contributed by atoms with Gasteiger partial charge in [0.2, 0.25) is 0 Å². The van der Waals surface area contributed by atoms with Crippen molar-refractivity contribution in [3.05, 3.63) is 81.1 Å². The van der Waals surface area contributed by atoms with Gasteiger partial charge in [0.25, 0.3) is 5.56 Å². The van der Waals surface area contributed by atoms with Crippen molar-refractivity contribution in [1.29, 1.82) is 0 Å². The first-order chi connectivity index (χ1) is 15.0. The van der Waals surface area contributed by atoms with Crippen LogP contribution in [0.5, 0.6) is 0 Å². The van der Waals surface area contributed by atoms with Crippen LogP contribution in [0.1, 0.15) is 37.9 Å². The van der Waals surface area contributed by atoms with E-state index in [9.17, 15) is 9.18 Å². The molecule has 0 spiro atoms. The lowest BCUT2D eigenvalue weighted by atomic mass is 9.98. The maximum Gasteiger partial charge on any atom is 0.256 e. The molecular weight excluding hydrogens is 389 g/mol. The third-order valence-corrected chi connectivity index (χ3v) is 6.55. The van der Waals surface area contributed by atoms with E-state index in [4.69, 9.17) is 0 Å². The first-order valence-corrected chi connectivity index (χ1v) is 11.3. The molecular formula is C26H32FN3O. The number of halogens is 1. The minimum Gasteiger partial charge on any atom is -0.325 e. The lowest BCUT2D eigenvalue weighted by Crippen LogP contribution is -2.35. The Morgan fingerprint density at radius 2 is 2.10 bits per heavy atom. The molecule has 4 nitrogen and oxygen atoms in total. The fourth-order valence-electron chi connectivity index (χ4n) is 4.63. The van der Waals surface area contributed by atoms with E-state index in [1.807, 2.05) is 0 Å². The largest absolute Gasteiger partial charge is 0.325 e. The zero-order valence-corrected chi connectivity index (χ0v) is 18.6. The third kappa shape index (κ3) is 5.05. The molecule has 0 fully saturated rings. The second kappa shape index (κ2) is 9.75. The summed E-state index contributed by atoms with van der Waals surface area (Å²) in [5.41, 5.74) is 4.85. The Bertz CT molecular complexity index is 1100. The average molecular weight is 422 g/mol. The summed E-state index contributed by atoms with van der Waals surface area (Å²) in [5.74, 6) is -0.366. The van der Waals surface area contributed by atoms with Crippen LogP contribution in [-0.2, 0) is 13.0 Å². The van der Waals surface area contributed by atoms with Crippen LogP contribution in [0.15, 0.2) is 58.4 Å². The van der Waals surface area contributed by atoms with E-state index < -0.39 is 0 Å². The van der Waals surface area contributed by atoms with Crippen molar-refractivity contribution >= 4 is 10.8 Å². The number of hydrogen-bond donors (Lipinski definition) is 1. The van der Waals surface area contributed by atoms with Gasteiger partial charge in [-0.05, 0) is 68.1 Å². The molecule has 0 saturated carbocycles. The highest BCUT2D eigenvalue weighted by Gasteiger charge is 2.20. The van der Waals surface area contributed by atoms with E-state index in [0.29, 0.717) is 5.39 Å². The molecule has 0 atom stereocenters. The highest BCUT2D eigenvalue weighted by atomic mass is 19.1. The molecule has 2 aliphatic rings. The highest BCUT2D eigenvalue weighted by Crippen LogP contribution is 2.25. The summed E-state index contributed by atoms with van der Waals surface area (Å²) in [6.07, 6.45) is 11.7. The van der Waals surface area contributed by atoms with Crippen molar-refractivity contribution in [2.75, 3.05) is 32.7 Å². The molecule has 31 heavy (non-hydrogen) atoms. The molecule has 1 N–H and O–H groups in total. The van der Waals surface area contributed by atoms with E-state index in [-0.39, 0.29) is 11.4 Å². The van der Waals surface area contributed by atoms with Crippen LogP contribution in [0.4, 0.5) is 4.39 Å². The number of rotatable bonds is 7. The maximum atomic E-state index is 13.6. The molecule has 2 aromatic rings. The second-order valence-corrected chi connectivity index (χ2v) is 8.65. The Balaban J connectivity index is 1.38. The number of pyridine rings is 1. The summed E-state index contributed by atoms with van der Waals surface area (Å²) >= 11 is 0. The van der Waals surface area contributed by atoms with Crippen LogP contribution in [0.25, 0.3) is 10.8 Å². The number of fused-ring (bicyclic) bond motifs is 3. The molecule has 1 aromatic heterocycles. The van der Waals surface area contributed by atoms with Gasteiger partial charge in [-0.25, -0.2) is 4.39 Å². The van der Waals surface area contributed by atoms with Gasteiger partial charge in [0, 0.05) is 31.7 Å². The van der Waals surface area contributed by atoms with E-state index in [1.54, 1.807) is 6.07 Å². The molecule has 1 aromatic carbocycles. The Hall–Kier alpha value is -2.50. The molecule has 2 heterocycles. The van der Waals surface area contributed by atoms with E-state index in [1.165, 1.54) is 23.3 Å². The summed E-state index contributed by atoms with van der Waals surface area (Å²) in [6, 6.07) is 4.56. The summed E-state index contributed by atoms with van der Waals surface area (Å²) < 4.78 is 13.6. The van der Waals surface area contributed by atoms with Crippen LogP contribution in [0, 0.1) is 5.82 Å². The number of hydrogen-bond acceptors (Lipinski definition) is 3. The average Bonchev–Trinajstić information content (AvgIpc) is 2.97. The molecule has 4 rings (SSSR count). The number of H-pyrrole nitrogens is 1. The zero-order valence-electron chi connectivity index (χ0n) is 18.6. The van der Waals surface area contributed by atoms with Crippen molar-refractivity contribution in [3.63, 3.8) is 0 Å². The van der Waals surface area contributed by atoms with Gasteiger partial charge >= 0.3 is 0 Å². The number of aromatic nitrogens is 1. The highest BCUT2D eigenvalue weighted by molar-refractivity contribution is 5.85. The third-order valence-electron chi connectivity index (χ3n) is 6.55. The smallest absolute Gasteiger partial charge is 0.256 e. The molecule has 1 aliphatic heterocycles. The topological polar surface area (TPSA) is 39.3 Å². The van der Waals surface area contributed by atoms with Gasteiger partial charge in [0.1, 0.15) is 5.82 Å². The lowest BCUT2D eigenvalue weighted by Gasteiger charge is -2.30. The van der Waals surface area contributed by atoms with Gasteiger partial charge in [0.15, 0.2) is 0 Å². The summed E-state index contributed by atoms with van der Waals surface area (Å²) in [5, 5.41) is 1.34. The van der Waals surface area contributed by atoms with Crippen LogP contribution in [0.3, 0.4) is 0 Å². The summed E-state index contributed by atoms with van der Waals surface area (Å²) in [4.78, 5) is 20.3. The molecule has 0 saturated heterocycles. The summed E-state index contributed by atoms with van der Waals surface area (Å²) in [7, 11) is 0. The first-order valence-electron chi connectivity index (χ1n) is 11.3. The van der Waals surface area contributed by atoms with E-state index in [2.05, 4.69) is 52.9 Å². The predicted octanol–water partition coefficient (Wildman–Crippen LogP) is 4.57. The Labute approximate surface area is 183 Å². The van der Waals surface area contributed by atoms with Crippen LogP contribution < -0.4 is 5.56 Å². The zero-order chi connectivity index (χ0) is 21.8. The fourth-order valence-corrected chi connectivity index (χ4v) is 4.63. The minimum atomic E-state index is -0.366. The van der Waals surface area contributed by atoms with Crippen molar-refractivity contribution in [1.82, 2.24) is 14.8 Å². The minimum absolute atomic E-state index is 0.187. The molecule has 0 amide bonds. The number of allylic oxidation sites excluding steroid dienone is 4. The summed E-state index contributed by atoms with van der Waals surface area (Å²) in [6.45, 7) is 10.3. The van der Waals surface area contributed by atoms with Crippen LogP contribution in [-0.4, -0.2) is 47.5 Å². The van der Waals surface area contributed by atoms with Crippen molar-refractivity contribution in [2.24, 2.45) is 0 Å². The van der Waals surface area contributed by atoms with E-state index in [0.717, 1.165) is 75.2 Å². The number of aromatic amines is 1. The van der Waals surface area contributed by atoms with Crippen molar-refractivity contribution in [3.8, 4) is 0 Å². The normalized spacial score (nSPS) is 16.9. The molecule has 164 valence electrons. The van der Waals surface area contributed by atoms with E-state index >= 15 is 0 Å². The number of benzene rings is 1. The lowest BCUT2D eigenvalue weighted by molar-refractivity contribution is 0.225. The second-order valence-electron chi connectivity index (χ2n) is 8.65. The fraction of sp³-hybridized carbons (Fsp3) is 0.423. The Morgan fingerprint density at radius 1 is 1.23 bits per heavy atom. The Morgan fingerprint density at radius 3 is 2.94 bits per heavy atom. The standard InChI is InChI=1S/C26H32FN3O/c1-3-29(17-20-9-6-4-5-8-19(20)2)13-7-14-30-15-12-25-24(18-30)22-11-10-21(27)16-23(22)26(31)28-25/h4-6,9-11,16H,3,7-8,12-15,17-18H2,1-2H3,(H,28,31). The van der Waals surface area contributed by atoms with Crippen LogP contribution in [0.2, 0.25) is 0 Å². The first kappa shape index (κ1) is 21.7. The Kier molecular flexibility index (Phi) is 6.83. The SMILES string of the molecule is CCN(CCCN1CCc2[nH]c(=O)c3cc(F)ccc3c2C1)CC1=C(C)CC=CC=C1. The van der Waals surface area contributed by atoms with Gasteiger partial charge < -0.3 is 4.98 Å². The quantitative estimate of drug-likeness (QED) is 0.712. The van der Waals surface area contributed by atoms with Gasteiger partial charge in [0.05, 0.1) is 5.39 Å². The van der Waals surface area contributed by atoms with Crippen LogP contribution >= 0.6 is 0 Å². The molecule has 0 bridgehead atoms. The van der Waals surface area contributed by atoms with Gasteiger partial charge in [-0.1, -0.05) is 42.9 Å². The molecule has 5 heteroatoms. The van der Waals surface area contributed by atoms with Gasteiger partial charge in [-0.15, -0.1) is 0 Å². The number of nitrogens with one attached hydrogen (secondary N) is 1. The molecule has 0 unspecified atom stereocenters. The predicted molar refractivity (Wildman–Crippen MR) is 126 cm³/mol. The van der Waals surface area contributed by atoms with Gasteiger partial charge in [-0.2, -0.15) is 0 Å². The number of likely N-dealkylation sites (N-methyl/N-ethyl adjacent to an activating group) is 1. The van der Waals surface area contributed by atoms with Crippen molar-refractivity contribution < 1.29 is 4.39 Å². The maximum absolute atomic E-state index is 13.6. The van der Waals surface area contributed by atoms with Crippen molar-refractivity contribution in [2.45, 2.75) is 39.7 Å². The molecule has 0 radical (unpaired) electrons. The monoisotopic (exact) mass is 421 g/mol. The number of nitrogens with zero attached hydrogens (tertiary/aromatic N) is 2. The molecule has 1 aliphatic carbocycles.